The molecule has 0 saturated heterocycles. The van der Waals surface area contributed by atoms with Crippen LogP contribution in [0.25, 0.3) is 0 Å². The second kappa shape index (κ2) is 12.8. The van der Waals surface area contributed by atoms with Gasteiger partial charge in [0.05, 0.1) is 0 Å². The van der Waals surface area contributed by atoms with Crippen LogP contribution >= 0.6 is 7.92 Å². The Hall–Kier alpha value is 0.430. The maximum Gasteiger partial charge on any atom is -0.0137 e. The lowest BCUT2D eigenvalue weighted by molar-refractivity contribution is 0.0582. The molecule has 1 heteroatoms. The molecule has 0 heterocycles. The van der Waals surface area contributed by atoms with E-state index in [1.807, 2.05) is 0 Å². The lowest BCUT2D eigenvalue weighted by Crippen LogP contribution is -2.56. The highest BCUT2D eigenvalue weighted by molar-refractivity contribution is 7.60. The molecule has 3 rings (SSSR count). The molecular weight excluding hydrogens is 535 g/mol. The average molecular weight is 617 g/mol. The van der Waals surface area contributed by atoms with Crippen molar-refractivity contribution in [2.45, 2.75) is 199 Å². The lowest BCUT2D eigenvalue weighted by atomic mass is 9.62. The molecule has 3 saturated carbocycles. The summed E-state index contributed by atoms with van der Waals surface area (Å²) < 4.78 is 0. The van der Waals surface area contributed by atoms with Gasteiger partial charge in [0.25, 0.3) is 0 Å². The molecule has 254 valence electrons. The fraction of sp³-hybridized carbons (Fsp3) is 1.00. The van der Waals surface area contributed by atoms with Gasteiger partial charge in [0.1, 0.15) is 0 Å². The first kappa shape index (κ1) is 37.9. The zero-order chi connectivity index (χ0) is 33.1. The summed E-state index contributed by atoms with van der Waals surface area (Å²) in [5, 5.41) is 0. The van der Waals surface area contributed by atoms with Crippen molar-refractivity contribution in [1.82, 2.24) is 0 Å². The quantitative estimate of drug-likeness (QED) is 0.277. The molecule has 6 unspecified atom stereocenters. The van der Waals surface area contributed by atoms with Crippen molar-refractivity contribution >= 4 is 7.92 Å². The fourth-order valence-corrected chi connectivity index (χ4v) is 18.3. The average Bonchev–Trinajstić information content (AvgIpc) is 2.80. The van der Waals surface area contributed by atoms with E-state index in [2.05, 4.69) is 125 Å². The summed E-state index contributed by atoms with van der Waals surface area (Å²) in [4.78, 5) is 0. The number of rotatable bonds is 3. The van der Waals surface area contributed by atoms with Gasteiger partial charge in [-0.3, -0.25) is 0 Å². The fourth-order valence-electron chi connectivity index (χ4n) is 11.1. The summed E-state index contributed by atoms with van der Waals surface area (Å²) in [5.41, 5.74) is 4.80. The van der Waals surface area contributed by atoms with Crippen LogP contribution in [0.2, 0.25) is 0 Å². The molecule has 3 fully saturated rings. The monoisotopic (exact) mass is 617 g/mol. The van der Waals surface area contributed by atoms with Crippen LogP contribution in [0.4, 0.5) is 0 Å². The van der Waals surface area contributed by atoms with Gasteiger partial charge in [0.2, 0.25) is 0 Å². The zero-order valence-corrected chi connectivity index (χ0v) is 33.9. The molecule has 0 radical (unpaired) electrons. The Balaban J connectivity index is 2.50. The molecule has 0 aliphatic heterocycles. The summed E-state index contributed by atoms with van der Waals surface area (Å²) in [7, 11) is -0.237. The molecule has 3 aliphatic carbocycles. The van der Waals surface area contributed by atoms with E-state index in [1.54, 1.807) is 0 Å². The zero-order valence-electron chi connectivity index (χ0n) is 33.0. The maximum atomic E-state index is 2.63. The molecule has 0 spiro atoms. The van der Waals surface area contributed by atoms with E-state index in [1.165, 1.54) is 57.8 Å². The topological polar surface area (TPSA) is 0 Å². The van der Waals surface area contributed by atoms with E-state index in [-0.39, 0.29) is 7.92 Å². The van der Waals surface area contributed by atoms with Gasteiger partial charge in [-0.2, -0.15) is 0 Å². The van der Waals surface area contributed by atoms with E-state index >= 15 is 0 Å². The smallest absolute Gasteiger partial charge is 0.0137 e. The van der Waals surface area contributed by atoms with Gasteiger partial charge < -0.3 is 0 Å². The summed E-state index contributed by atoms with van der Waals surface area (Å²) in [6.45, 7) is 47.4. The van der Waals surface area contributed by atoms with Crippen LogP contribution in [0.3, 0.4) is 0 Å². The standard InChI is InChI=1S/C42H81P/c1-37(2,3)28-22-19-23-29(38(4,5)6)34(28)43(35-30(39(7,8)9)24-20-25-31(35)40(10,11)12)36-32(41(13,14)15)26-21-27-33(36)42(16,17)18/h28-36H,19-27H2,1-18H3. The Labute approximate surface area is 274 Å². The Bertz CT molecular complexity index is 699. The minimum atomic E-state index is -0.237. The largest absolute Gasteiger partial charge is 0.0953 e. The first-order valence-corrected chi connectivity index (χ1v) is 20.5. The Morgan fingerprint density at radius 2 is 0.419 bits per heavy atom. The molecule has 0 nitrogen and oxygen atoms in total. The van der Waals surface area contributed by atoms with Gasteiger partial charge in [0, 0.05) is 0 Å². The minimum Gasteiger partial charge on any atom is -0.0953 e. The van der Waals surface area contributed by atoms with Crippen molar-refractivity contribution in [2.75, 3.05) is 0 Å². The van der Waals surface area contributed by atoms with Crippen LogP contribution in [0.15, 0.2) is 0 Å². The van der Waals surface area contributed by atoms with E-state index < -0.39 is 0 Å². The van der Waals surface area contributed by atoms with E-state index in [9.17, 15) is 0 Å². The summed E-state index contributed by atoms with van der Waals surface area (Å²) >= 11 is 0. The molecule has 0 N–H and O–H groups in total. The number of hydrogen-bond donors (Lipinski definition) is 0. The predicted octanol–water partition coefficient (Wildman–Crippen LogP) is 14.1. The molecular formula is C42H81P. The third-order valence-electron chi connectivity index (χ3n) is 13.3. The molecule has 0 aromatic heterocycles. The molecule has 0 bridgehead atoms. The van der Waals surface area contributed by atoms with Gasteiger partial charge in [-0.1, -0.05) is 152 Å². The Morgan fingerprint density at radius 3 is 0.535 bits per heavy atom. The molecule has 6 atom stereocenters. The lowest BCUT2D eigenvalue weighted by Gasteiger charge is -2.64. The Kier molecular flexibility index (Phi) is 11.3. The van der Waals surface area contributed by atoms with Crippen molar-refractivity contribution in [3.05, 3.63) is 0 Å². The molecule has 3 aliphatic rings. The highest BCUT2D eigenvalue weighted by Crippen LogP contribution is 2.74. The molecule has 43 heavy (non-hydrogen) atoms. The Morgan fingerprint density at radius 1 is 0.279 bits per heavy atom. The van der Waals surface area contributed by atoms with Gasteiger partial charge in [-0.05, 0) is 123 Å². The number of hydrogen-bond acceptors (Lipinski definition) is 0. The van der Waals surface area contributed by atoms with Crippen LogP contribution in [-0.4, -0.2) is 17.0 Å². The molecule has 0 aromatic carbocycles. The van der Waals surface area contributed by atoms with Gasteiger partial charge >= 0.3 is 0 Å². The van der Waals surface area contributed by atoms with E-state index in [0.717, 1.165) is 52.5 Å². The summed E-state index contributed by atoms with van der Waals surface area (Å²) in [6.07, 6.45) is 13.1. The highest BCUT2D eigenvalue weighted by atomic mass is 31.1. The van der Waals surface area contributed by atoms with Crippen LogP contribution in [0.5, 0.6) is 0 Å². The van der Waals surface area contributed by atoms with E-state index in [0.29, 0.717) is 32.5 Å². The predicted molar refractivity (Wildman–Crippen MR) is 198 cm³/mol. The summed E-state index contributed by atoms with van der Waals surface area (Å²) in [6, 6.07) is 0. The van der Waals surface area contributed by atoms with Crippen molar-refractivity contribution in [3.8, 4) is 0 Å². The highest BCUT2D eigenvalue weighted by Gasteiger charge is 2.60. The minimum absolute atomic E-state index is 0.237. The maximum absolute atomic E-state index is 2.63. The van der Waals surface area contributed by atoms with Crippen molar-refractivity contribution in [1.29, 1.82) is 0 Å². The van der Waals surface area contributed by atoms with Gasteiger partial charge in [-0.15, -0.1) is 0 Å². The van der Waals surface area contributed by atoms with Crippen LogP contribution in [0, 0.1) is 68.0 Å². The first-order chi connectivity index (χ1) is 19.2. The van der Waals surface area contributed by atoms with Gasteiger partial charge in [-0.25, -0.2) is 0 Å². The normalized spacial score (nSPS) is 36.8. The SMILES string of the molecule is CC(C)(C)C1CCCC(C(C)(C)C)C1P(C1C(C(C)(C)C)CCCC1C(C)(C)C)C1C(C(C)(C)C)CCCC1C(C)(C)C. The van der Waals surface area contributed by atoms with Crippen LogP contribution in [0.1, 0.15) is 182 Å². The van der Waals surface area contributed by atoms with Gasteiger partial charge in [0.15, 0.2) is 0 Å². The third-order valence-corrected chi connectivity index (χ3v) is 17.5. The van der Waals surface area contributed by atoms with Crippen molar-refractivity contribution in [3.63, 3.8) is 0 Å². The van der Waals surface area contributed by atoms with E-state index in [4.69, 9.17) is 0 Å². The second-order valence-electron chi connectivity index (χ2n) is 22.5. The van der Waals surface area contributed by atoms with Crippen molar-refractivity contribution < 1.29 is 0 Å². The van der Waals surface area contributed by atoms with Crippen molar-refractivity contribution in [2.24, 2.45) is 68.0 Å². The second-order valence-corrected chi connectivity index (χ2v) is 25.2. The van der Waals surface area contributed by atoms with Crippen LogP contribution in [-0.2, 0) is 0 Å². The third kappa shape index (κ3) is 8.48. The van der Waals surface area contributed by atoms with Crippen LogP contribution < -0.4 is 0 Å². The molecule has 0 amide bonds. The molecule has 0 aromatic rings. The first-order valence-electron chi connectivity index (χ1n) is 19.0. The summed E-state index contributed by atoms with van der Waals surface area (Å²) in [5.74, 6) is 5.02.